The van der Waals surface area contributed by atoms with Crippen molar-refractivity contribution in [3.63, 3.8) is 0 Å². The first-order chi connectivity index (χ1) is 8.94. The fourth-order valence-electron chi connectivity index (χ4n) is 2.42. The van der Waals surface area contributed by atoms with Crippen LogP contribution in [0, 0.1) is 6.92 Å². The summed E-state index contributed by atoms with van der Waals surface area (Å²) in [6, 6.07) is 5.13. The van der Waals surface area contributed by atoms with Crippen molar-refractivity contribution >= 4 is 15.7 Å². The normalized spacial score (nSPS) is 17.8. The molecule has 1 aliphatic rings. The third-order valence-electron chi connectivity index (χ3n) is 3.58. The van der Waals surface area contributed by atoms with Crippen LogP contribution in [0.3, 0.4) is 0 Å². The summed E-state index contributed by atoms with van der Waals surface area (Å²) in [7, 11) is -1.92. The number of nitrogens with two attached hydrogens (primary N) is 1. The van der Waals surface area contributed by atoms with Crippen molar-refractivity contribution in [2.24, 2.45) is 0 Å². The van der Waals surface area contributed by atoms with E-state index in [4.69, 9.17) is 10.5 Å². The highest BCUT2D eigenvalue weighted by molar-refractivity contribution is 7.89. The van der Waals surface area contributed by atoms with Gasteiger partial charge in [-0.05, 0) is 31.4 Å². The molecule has 0 radical (unpaired) electrons. The van der Waals surface area contributed by atoms with Crippen LogP contribution in [0.5, 0.6) is 0 Å². The molecule has 0 spiro atoms. The van der Waals surface area contributed by atoms with Crippen molar-refractivity contribution in [1.82, 2.24) is 4.31 Å². The molecule has 1 saturated heterocycles. The van der Waals surface area contributed by atoms with Crippen LogP contribution in [-0.4, -0.2) is 39.0 Å². The molecule has 5 nitrogen and oxygen atoms in total. The van der Waals surface area contributed by atoms with Crippen molar-refractivity contribution in [2.45, 2.75) is 30.7 Å². The summed E-state index contributed by atoms with van der Waals surface area (Å²) in [6.45, 7) is 2.97. The molecule has 0 atom stereocenters. The number of aryl methyl sites for hydroxylation is 1. The molecule has 1 aromatic rings. The number of hydrogen-bond acceptors (Lipinski definition) is 4. The molecule has 2 N–H and O–H groups in total. The smallest absolute Gasteiger partial charge is 0.245 e. The second kappa shape index (κ2) is 5.48. The lowest BCUT2D eigenvalue weighted by Gasteiger charge is -2.31. The zero-order chi connectivity index (χ0) is 14.0. The van der Waals surface area contributed by atoms with Crippen LogP contribution < -0.4 is 5.73 Å². The Bertz CT molecular complexity index is 531. The molecule has 1 heterocycles. The molecule has 1 fully saturated rings. The van der Waals surface area contributed by atoms with Gasteiger partial charge in [0.25, 0.3) is 0 Å². The van der Waals surface area contributed by atoms with E-state index in [9.17, 15) is 8.42 Å². The number of rotatable bonds is 3. The van der Waals surface area contributed by atoms with Crippen LogP contribution in [0.15, 0.2) is 23.1 Å². The van der Waals surface area contributed by atoms with Crippen molar-refractivity contribution in [3.8, 4) is 0 Å². The summed E-state index contributed by atoms with van der Waals surface area (Å²) in [5.41, 5.74) is 6.83. The maximum absolute atomic E-state index is 12.7. The van der Waals surface area contributed by atoms with Gasteiger partial charge in [-0.15, -0.1) is 0 Å². The first-order valence-corrected chi connectivity index (χ1v) is 7.79. The van der Waals surface area contributed by atoms with Gasteiger partial charge in [0, 0.05) is 26.3 Å². The fraction of sp³-hybridized carbons (Fsp3) is 0.538. The highest BCUT2D eigenvalue weighted by atomic mass is 32.2. The number of ether oxygens (including phenoxy) is 1. The lowest BCUT2D eigenvalue weighted by molar-refractivity contribution is 0.0632. The third kappa shape index (κ3) is 2.75. The molecule has 1 aliphatic heterocycles. The van der Waals surface area contributed by atoms with Gasteiger partial charge >= 0.3 is 0 Å². The summed E-state index contributed by atoms with van der Waals surface area (Å²) in [5, 5.41) is 0. The monoisotopic (exact) mass is 284 g/mol. The number of nitrogens with zero attached hydrogens (tertiary/aromatic N) is 1. The zero-order valence-corrected chi connectivity index (χ0v) is 12.1. The fourth-order valence-corrected chi connectivity index (χ4v) is 4.15. The lowest BCUT2D eigenvalue weighted by Crippen LogP contribution is -2.41. The van der Waals surface area contributed by atoms with E-state index in [0.29, 0.717) is 24.5 Å². The molecular formula is C13H20N2O3S. The summed E-state index contributed by atoms with van der Waals surface area (Å²) < 4.78 is 32.1. The third-order valence-corrected chi connectivity index (χ3v) is 5.71. The quantitative estimate of drug-likeness (QED) is 0.851. The average Bonchev–Trinajstić information content (AvgIpc) is 2.38. The second-order valence-electron chi connectivity index (χ2n) is 4.86. The molecule has 0 amide bonds. The molecule has 106 valence electrons. The number of sulfonamides is 1. The minimum atomic E-state index is -3.55. The topological polar surface area (TPSA) is 72.6 Å². The Labute approximate surface area is 114 Å². The van der Waals surface area contributed by atoms with E-state index in [2.05, 4.69) is 0 Å². The Morgan fingerprint density at radius 3 is 2.53 bits per heavy atom. The predicted octanol–water partition coefficient (Wildman–Crippen LogP) is 1.38. The molecule has 19 heavy (non-hydrogen) atoms. The van der Waals surface area contributed by atoms with Gasteiger partial charge in [-0.3, -0.25) is 0 Å². The van der Waals surface area contributed by atoms with Crippen LogP contribution in [0.25, 0.3) is 0 Å². The van der Waals surface area contributed by atoms with Crippen LogP contribution in [-0.2, 0) is 14.8 Å². The molecule has 0 aromatic heterocycles. The highest BCUT2D eigenvalue weighted by Crippen LogP contribution is 2.28. The minimum absolute atomic E-state index is 0.0160. The molecule has 0 bridgehead atoms. The highest BCUT2D eigenvalue weighted by Gasteiger charge is 2.31. The standard InChI is InChI=1S/C13H20N2O3S/c1-10-4-3-5-12(14)13(10)19(16,17)15(2)11-6-8-18-9-7-11/h3-5,11H,6-9,14H2,1-2H3. The average molecular weight is 284 g/mol. The molecule has 0 aliphatic carbocycles. The van der Waals surface area contributed by atoms with Gasteiger partial charge < -0.3 is 10.5 Å². The Balaban J connectivity index is 2.36. The van der Waals surface area contributed by atoms with Crippen molar-refractivity contribution in [2.75, 3.05) is 26.0 Å². The van der Waals surface area contributed by atoms with Gasteiger partial charge in [0.2, 0.25) is 10.0 Å². The summed E-state index contributed by atoms with van der Waals surface area (Å²) in [6.07, 6.45) is 1.45. The van der Waals surface area contributed by atoms with Gasteiger partial charge in [-0.2, -0.15) is 4.31 Å². The van der Waals surface area contributed by atoms with Crippen molar-refractivity contribution in [3.05, 3.63) is 23.8 Å². The Kier molecular flexibility index (Phi) is 4.13. The molecule has 0 unspecified atom stereocenters. The maximum atomic E-state index is 12.7. The molecule has 2 rings (SSSR count). The first-order valence-electron chi connectivity index (χ1n) is 6.35. The number of nitrogen functional groups attached to an aromatic ring is 1. The Morgan fingerprint density at radius 2 is 1.95 bits per heavy atom. The molecule has 6 heteroatoms. The number of benzene rings is 1. The van der Waals surface area contributed by atoms with Gasteiger partial charge in [-0.1, -0.05) is 12.1 Å². The number of hydrogen-bond donors (Lipinski definition) is 1. The first kappa shape index (κ1) is 14.3. The van der Waals surface area contributed by atoms with Crippen LogP contribution in [0.2, 0.25) is 0 Å². The molecule has 0 saturated carbocycles. The minimum Gasteiger partial charge on any atom is -0.398 e. The Morgan fingerprint density at radius 1 is 1.32 bits per heavy atom. The van der Waals surface area contributed by atoms with Crippen molar-refractivity contribution in [1.29, 1.82) is 0 Å². The van der Waals surface area contributed by atoms with E-state index in [-0.39, 0.29) is 10.9 Å². The van der Waals surface area contributed by atoms with Gasteiger partial charge in [0.1, 0.15) is 4.90 Å². The van der Waals surface area contributed by atoms with E-state index in [1.807, 2.05) is 0 Å². The van der Waals surface area contributed by atoms with E-state index in [1.165, 1.54) is 4.31 Å². The van der Waals surface area contributed by atoms with E-state index < -0.39 is 10.0 Å². The van der Waals surface area contributed by atoms with Gasteiger partial charge in [0.05, 0.1) is 5.69 Å². The van der Waals surface area contributed by atoms with Crippen LogP contribution >= 0.6 is 0 Å². The second-order valence-corrected chi connectivity index (χ2v) is 6.79. The van der Waals surface area contributed by atoms with Crippen molar-refractivity contribution < 1.29 is 13.2 Å². The molecular weight excluding hydrogens is 264 g/mol. The van der Waals surface area contributed by atoms with Gasteiger partial charge in [-0.25, -0.2) is 8.42 Å². The summed E-state index contributed by atoms with van der Waals surface area (Å²) >= 11 is 0. The Hall–Kier alpha value is -1.11. The lowest BCUT2D eigenvalue weighted by atomic mass is 10.1. The molecule has 1 aromatic carbocycles. The number of anilines is 1. The van der Waals surface area contributed by atoms with E-state index in [0.717, 1.165) is 12.8 Å². The summed E-state index contributed by atoms with van der Waals surface area (Å²) in [4.78, 5) is 0.226. The van der Waals surface area contributed by atoms with Crippen LogP contribution in [0.1, 0.15) is 18.4 Å². The van der Waals surface area contributed by atoms with Crippen LogP contribution in [0.4, 0.5) is 5.69 Å². The maximum Gasteiger partial charge on any atom is 0.245 e. The van der Waals surface area contributed by atoms with E-state index >= 15 is 0 Å². The summed E-state index contributed by atoms with van der Waals surface area (Å²) in [5.74, 6) is 0. The largest absolute Gasteiger partial charge is 0.398 e. The predicted molar refractivity (Wildman–Crippen MR) is 74.4 cm³/mol. The van der Waals surface area contributed by atoms with E-state index in [1.54, 1.807) is 32.2 Å². The zero-order valence-electron chi connectivity index (χ0n) is 11.3. The SMILES string of the molecule is Cc1cccc(N)c1S(=O)(=O)N(C)C1CCOCC1. The van der Waals surface area contributed by atoms with Gasteiger partial charge in [0.15, 0.2) is 0 Å².